The van der Waals surface area contributed by atoms with Gasteiger partial charge in [-0.05, 0) is 24.8 Å². The average Bonchev–Trinajstić information content (AvgIpc) is 3.28. The fourth-order valence-electron chi connectivity index (χ4n) is 2.31. The summed E-state index contributed by atoms with van der Waals surface area (Å²) in [5, 5.41) is 3.05. The Hall–Kier alpha value is -1.55. The van der Waals surface area contributed by atoms with Gasteiger partial charge in [0.25, 0.3) is 5.91 Å². The summed E-state index contributed by atoms with van der Waals surface area (Å²) in [5.41, 5.74) is 6.56. The Morgan fingerprint density at radius 2 is 2.20 bits per heavy atom. The molecule has 1 amide bonds. The van der Waals surface area contributed by atoms with E-state index in [1.807, 2.05) is 24.3 Å². The topological polar surface area (TPSA) is 64.3 Å². The van der Waals surface area contributed by atoms with E-state index >= 15 is 0 Å². The molecule has 1 aliphatic carbocycles. The first-order chi connectivity index (χ1) is 9.72. The van der Waals surface area contributed by atoms with Crippen LogP contribution in [0, 0.1) is 5.92 Å². The van der Waals surface area contributed by atoms with E-state index in [2.05, 4.69) is 12.2 Å². The van der Waals surface area contributed by atoms with Crippen molar-refractivity contribution in [3.05, 3.63) is 29.8 Å². The van der Waals surface area contributed by atoms with Crippen molar-refractivity contribution in [2.45, 2.75) is 45.2 Å². The van der Waals surface area contributed by atoms with Crippen LogP contribution in [0.1, 0.15) is 38.2 Å². The van der Waals surface area contributed by atoms with Crippen molar-refractivity contribution in [2.24, 2.45) is 11.7 Å². The van der Waals surface area contributed by atoms with Gasteiger partial charge in [-0.1, -0.05) is 38.0 Å². The van der Waals surface area contributed by atoms with Crippen molar-refractivity contribution >= 4 is 5.91 Å². The first kappa shape index (κ1) is 14.9. The van der Waals surface area contributed by atoms with Gasteiger partial charge in [0.15, 0.2) is 6.61 Å². The number of para-hydroxylation sites is 1. The molecule has 0 radical (unpaired) electrons. The molecule has 110 valence electrons. The summed E-state index contributed by atoms with van der Waals surface area (Å²) in [4.78, 5) is 11.9. The number of nitrogens with two attached hydrogens (primary N) is 1. The van der Waals surface area contributed by atoms with E-state index in [0.717, 1.165) is 24.3 Å². The Balaban J connectivity index is 1.78. The molecular weight excluding hydrogens is 252 g/mol. The van der Waals surface area contributed by atoms with E-state index in [9.17, 15) is 4.79 Å². The molecule has 3 N–H and O–H groups in total. The molecule has 0 bridgehead atoms. The van der Waals surface area contributed by atoms with Gasteiger partial charge in [0.1, 0.15) is 5.75 Å². The molecule has 2 rings (SSSR count). The van der Waals surface area contributed by atoms with Crippen molar-refractivity contribution in [2.75, 3.05) is 6.61 Å². The third kappa shape index (κ3) is 4.53. The number of carbonyl (C=O) groups excluding carboxylic acids is 1. The average molecular weight is 276 g/mol. The van der Waals surface area contributed by atoms with E-state index in [1.54, 1.807) is 0 Å². The van der Waals surface area contributed by atoms with Crippen LogP contribution in [0.15, 0.2) is 24.3 Å². The van der Waals surface area contributed by atoms with Gasteiger partial charge in [0.05, 0.1) is 0 Å². The molecule has 0 aromatic heterocycles. The van der Waals surface area contributed by atoms with Gasteiger partial charge in [0.2, 0.25) is 0 Å². The van der Waals surface area contributed by atoms with Crippen molar-refractivity contribution < 1.29 is 9.53 Å². The summed E-state index contributed by atoms with van der Waals surface area (Å²) in [5.74, 6) is 1.46. The van der Waals surface area contributed by atoms with Crippen LogP contribution < -0.4 is 15.8 Å². The predicted molar refractivity (Wildman–Crippen MR) is 79.4 cm³/mol. The van der Waals surface area contributed by atoms with Crippen molar-refractivity contribution in [1.82, 2.24) is 5.32 Å². The lowest BCUT2D eigenvalue weighted by atomic mass is 10.1. The van der Waals surface area contributed by atoms with E-state index in [-0.39, 0.29) is 18.6 Å². The molecule has 0 aliphatic heterocycles. The molecule has 1 aromatic rings. The molecule has 20 heavy (non-hydrogen) atoms. The number of rotatable bonds is 8. The van der Waals surface area contributed by atoms with Gasteiger partial charge in [-0.15, -0.1) is 0 Å². The number of nitrogens with one attached hydrogen (secondary N) is 1. The van der Waals surface area contributed by atoms with E-state index in [4.69, 9.17) is 10.5 Å². The number of ether oxygens (including phenoxy) is 1. The molecule has 4 nitrogen and oxygen atoms in total. The summed E-state index contributed by atoms with van der Waals surface area (Å²) >= 11 is 0. The van der Waals surface area contributed by atoms with Gasteiger partial charge < -0.3 is 15.8 Å². The van der Waals surface area contributed by atoms with E-state index in [1.165, 1.54) is 12.8 Å². The molecule has 1 atom stereocenters. The maximum Gasteiger partial charge on any atom is 0.258 e. The third-order valence-corrected chi connectivity index (χ3v) is 3.72. The Labute approximate surface area is 120 Å². The van der Waals surface area contributed by atoms with Crippen LogP contribution in [0.4, 0.5) is 0 Å². The SMILES string of the molecule is CCC(CC1CC1)NC(=O)COc1ccccc1CN. The van der Waals surface area contributed by atoms with Gasteiger partial charge in [-0.2, -0.15) is 0 Å². The molecule has 0 saturated heterocycles. The van der Waals surface area contributed by atoms with Crippen LogP contribution in [-0.4, -0.2) is 18.6 Å². The quantitative estimate of drug-likeness (QED) is 0.765. The Morgan fingerprint density at radius 1 is 1.45 bits per heavy atom. The lowest BCUT2D eigenvalue weighted by Crippen LogP contribution is -2.37. The normalized spacial score (nSPS) is 15.7. The first-order valence-electron chi connectivity index (χ1n) is 7.43. The standard InChI is InChI=1S/C16H24N2O2/c1-2-14(9-12-7-8-12)18-16(19)11-20-15-6-4-3-5-13(15)10-17/h3-6,12,14H,2,7-11,17H2,1H3,(H,18,19). The van der Waals surface area contributed by atoms with E-state index in [0.29, 0.717) is 12.3 Å². The van der Waals surface area contributed by atoms with Gasteiger partial charge >= 0.3 is 0 Å². The van der Waals surface area contributed by atoms with Gasteiger partial charge in [-0.25, -0.2) is 0 Å². The highest BCUT2D eigenvalue weighted by atomic mass is 16.5. The third-order valence-electron chi connectivity index (χ3n) is 3.72. The van der Waals surface area contributed by atoms with Crippen LogP contribution in [0.25, 0.3) is 0 Å². The number of amides is 1. The molecule has 1 fully saturated rings. The van der Waals surface area contributed by atoms with Crippen LogP contribution in [0.5, 0.6) is 5.75 Å². The van der Waals surface area contributed by atoms with Crippen molar-refractivity contribution in [3.63, 3.8) is 0 Å². The maximum absolute atomic E-state index is 11.9. The summed E-state index contributed by atoms with van der Waals surface area (Å²) in [6, 6.07) is 7.83. The molecule has 1 aromatic carbocycles. The summed E-state index contributed by atoms with van der Waals surface area (Å²) < 4.78 is 5.56. The Morgan fingerprint density at radius 3 is 2.85 bits per heavy atom. The van der Waals surface area contributed by atoms with Crippen LogP contribution in [-0.2, 0) is 11.3 Å². The van der Waals surface area contributed by atoms with Crippen LogP contribution in [0.3, 0.4) is 0 Å². The fourth-order valence-corrected chi connectivity index (χ4v) is 2.31. The second-order valence-corrected chi connectivity index (χ2v) is 5.45. The maximum atomic E-state index is 11.9. The predicted octanol–water partition coefficient (Wildman–Crippen LogP) is 2.22. The molecule has 1 saturated carbocycles. The van der Waals surface area contributed by atoms with Crippen LogP contribution >= 0.6 is 0 Å². The highest BCUT2D eigenvalue weighted by Crippen LogP contribution is 2.34. The lowest BCUT2D eigenvalue weighted by Gasteiger charge is -2.17. The summed E-state index contributed by atoms with van der Waals surface area (Å²) in [6.07, 6.45) is 4.70. The number of hydrogen-bond donors (Lipinski definition) is 2. The molecule has 4 heteroatoms. The molecule has 1 unspecified atom stereocenters. The monoisotopic (exact) mass is 276 g/mol. The minimum absolute atomic E-state index is 0.0516. The number of hydrogen-bond acceptors (Lipinski definition) is 3. The summed E-state index contributed by atoms with van der Waals surface area (Å²) in [7, 11) is 0. The van der Waals surface area contributed by atoms with Gasteiger partial charge in [-0.3, -0.25) is 4.79 Å². The Bertz CT molecular complexity index is 444. The second kappa shape index (κ2) is 7.29. The van der Waals surface area contributed by atoms with Crippen molar-refractivity contribution in [1.29, 1.82) is 0 Å². The van der Waals surface area contributed by atoms with E-state index < -0.39 is 0 Å². The molecular formula is C16H24N2O2. The lowest BCUT2D eigenvalue weighted by molar-refractivity contribution is -0.123. The minimum atomic E-state index is -0.0516. The minimum Gasteiger partial charge on any atom is -0.483 e. The fraction of sp³-hybridized carbons (Fsp3) is 0.562. The zero-order valence-electron chi connectivity index (χ0n) is 12.1. The highest BCUT2D eigenvalue weighted by Gasteiger charge is 2.25. The zero-order valence-corrected chi connectivity index (χ0v) is 12.1. The largest absolute Gasteiger partial charge is 0.483 e. The zero-order chi connectivity index (χ0) is 14.4. The number of benzene rings is 1. The number of carbonyl (C=O) groups is 1. The molecule has 0 heterocycles. The molecule has 1 aliphatic rings. The van der Waals surface area contributed by atoms with Crippen LogP contribution in [0.2, 0.25) is 0 Å². The smallest absolute Gasteiger partial charge is 0.258 e. The van der Waals surface area contributed by atoms with Crippen molar-refractivity contribution in [3.8, 4) is 5.75 Å². The molecule has 0 spiro atoms. The highest BCUT2D eigenvalue weighted by molar-refractivity contribution is 5.77. The Kier molecular flexibility index (Phi) is 5.41. The second-order valence-electron chi connectivity index (χ2n) is 5.45. The first-order valence-corrected chi connectivity index (χ1v) is 7.43. The summed E-state index contributed by atoms with van der Waals surface area (Å²) in [6.45, 7) is 2.58. The van der Waals surface area contributed by atoms with Gasteiger partial charge in [0, 0.05) is 18.2 Å².